The van der Waals surface area contributed by atoms with Crippen molar-refractivity contribution >= 4 is 6.29 Å². The summed E-state index contributed by atoms with van der Waals surface area (Å²) in [4.78, 5) is 10.9. The number of carbonyl (C=O) groups excluding carboxylic acids is 1. The van der Waals surface area contributed by atoms with E-state index < -0.39 is 0 Å². The van der Waals surface area contributed by atoms with Gasteiger partial charge >= 0.3 is 0 Å². The van der Waals surface area contributed by atoms with Gasteiger partial charge < -0.3 is 9.47 Å². The Morgan fingerprint density at radius 1 is 1.16 bits per heavy atom. The van der Waals surface area contributed by atoms with Gasteiger partial charge in [0.2, 0.25) is 0 Å². The highest BCUT2D eigenvalue weighted by atomic mass is 16.5. The first-order valence-corrected chi connectivity index (χ1v) is 6.15. The van der Waals surface area contributed by atoms with Crippen LogP contribution in [0.4, 0.5) is 0 Å². The lowest BCUT2D eigenvalue weighted by molar-refractivity contribution is 0.112. The number of aldehydes is 1. The quantitative estimate of drug-likeness (QED) is 0.767. The number of carbonyl (C=O) groups is 1. The Hall–Kier alpha value is -2.29. The second-order valence-corrected chi connectivity index (χ2v) is 4.04. The predicted molar refractivity (Wildman–Crippen MR) is 75.0 cm³/mol. The minimum absolute atomic E-state index is 0.620. The Morgan fingerprint density at radius 3 is 2.68 bits per heavy atom. The molecule has 0 radical (unpaired) electrons. The first kappa shape index (κ1) is 13.1. The molecule has 0 fully saturated rings. The minimum Gasteiger partial charge on any atom is -0.496 e. The normalized spacial score (nSPS) is 10.0. The Morgan fingerprint density at radius 2 is 2.00 bits per heavy atom. The molecule has 0 N–H and O–H groups in total. The predicted octanol–water partition coefficient (Wildman–Crippen LogP) is 3.57. The lowest BCUT2D eigenvalue weighted by atomic mass is 10.0. The Bertz CT molecular complexity index is 576. The number of benzene rings is 2. The molecule has 0 bridgehead atoms. The van der Waals surface area contributed by atoms with Crippen molar-refractivity contribution in [3.05, 3.63) is 48.0 Å². The maximum Gasteiger partial charge on any atom is 0.150 e. The van der Waals surface area contributed by atoms with Crippen molar-refractivity contribution in [1.82, 2.24) is 0 Å². The third-order valence-electron chi connectivity index (χ3n) is 2.82. The van der Waals surface area contributed by atoms with Gasteiger partial charge in [-0.3, -0.25) is 4.79 Å². The van der Waals surface area contributed by atoms with Crippen molar-refractivity contribution in [2.24, 2.45) is 0 Å². The zero-order chi connectivity index (χ0) is 13.7. The molecule has 0 saturated heterocycles. The summed E-state index contributed by atoms with van der Waals surface area (Å²) < 4.78 is 10.8. The summed E-state index contributed by atoms with van der Waals surface area (Å²) in [5.41, 5.74) is 2.47. The molecule has 0 aliphatic heterocycles. The van der Waals surface area contributed by atoms with E-state index in [-0.39, 0.29) is 0 Å². The van der Waals surface area contributed by atoms with Crippen molar-refractivity contribution in [1.29, 1.82) is 0 Å². The Kier molecular flexibility index (Phi) is 4.18. The topological polar surface area (TPSA) is 35.5 Å². The van der Waals surface area contributed by atoms with Gasteiger partial charge in [-0.1, -0.05) is 12.1 Å². The van der Waals surface area contributed by atoms with Gasteiger partial charge in [-0.2, -0.15) is 0 Å². The van der Waals surface area contributed by atoms with Crippen LogP contribution in [0.25, 0.3) is 11.1 Å². The fourth-order valence-electron chi connectivity index (χ4n) is 1.94. The summed E-state index contributed by atoms with van der Waals surface area (Å²) in [5, 5.41) is 0. The van der Waals surface area contributed by atoms with Crippen LogP contribution >= 0.6 is 0 Å². The number of hydrogen-bond donors (Lipinski definition) is 0. The molecule has 0 aliphatic carbocycles. The molecule has 0 saturated carbocycles. The smallest absolute Gasteiger partial charge is 0.150 e. The van der Waals surface area contributed by atoms with E-state index in [4.69, 9.17) is 9.47 Å². The third kappa shape index (κ3) is 2.94. The van der Waals surface area contributed by atoms with E-state index in [0.717, 1.165) is 28.9 Å². The summed E-state index contributed by atoms with van der Waals surface area (Å²) in [5.74, 6) is 1.54. The zero-order valence-electron chi connectivity index (χ0n) is 11.1. The van der Waals surface area contributed by atoms with E-state index in [1.807, 2.05) is 37.3 Å². The standard InChI is InChI=1S/C16H16O3/c1-3-19-14-6-4-5-13(10-14)15-9-12(11-17)7-8-16(15)18-2/h4-11H,3H2,1-2H3. The monoisotopic (exact) mass is 256 g/mol. The molecule has 3 heteroatoms. The van der Waals surface area contributed by atoms with Crippen molar-refractivity contribution in [3.63, 3.8) is 0 Å². The molecule has 2 rings (SSSR count). The van der Waals surface area contributed by atoms with Crippen LogP contribution in [0, 0.1) is 0 Å². The van der Waals surface area contributed by atoms with Gasteiger partial charge in [0.15, 0.2) is 0 Å². The van der Waals surface area contributed by atoms with Gasteiger partial charge in [0, 0.05) is 11.1 Å². The van der Waals surface area contributed by atoms with Crippen molar-refractivity contribution < 1.29 is 14.3 Å². The Balaban J connectivity index is 2.49. The largest absolute Gasteiger partial charge is 0.496 e. The van der Waals surface area contributed by atoms with Gasteiger partial charge in [0.05, 0.1) is 13.7 Å². The molecular weight excluding hydrogens is 240 g/mol. The van der Waals surface area contributed by atoms with Crippen molar-refractivity contribution in [2.75, 3.05) is 13.7 Å². The summed E-state index contributed by atoms with van der Waals surface area (Å²) in [6.45, 7) is 2.56. The van der Waals surface area contributed by atoms with Gasteiger partial charge in [-0.25, -0.2) is 0 Å². The second kappa shape index (κ2) is 6.05. The van der Waals surface area contributed by atoms with E-state index >= 15 is 0 Å². The first-order chi connectivity index (χ1) is 9.28. The molecule has 0 atom stereocenters. The SMILES string of the molecule is CCOc1cccc(-c2cc(C=O)ccc2OC)c1. The van der Waals surface area contributed by atoms with Crippen LogP contribution in [-0.4, -0.2) is 20.0 Å². The summed E-state index contributed by atoms with van der Waals surface area (Å²) in [7, 11) is 1.62. The molecular formula is C16H16O3. The molecule has 2 aromatic carbocycles. The highest BCUT2D eigenvalue weighted by Gasteiger charge is 2.08. The summed E-state index contributed by atoms with van der Waals surface area (Å²) in [6, 6.07) is 13.1. The Labute approximate surface area is 112 Å². The number of hydrogen-bond acceptors (Lipinski definition) is 3. The molecule has 2 aromatic rings. The van der Waals surface area contributed by atoms with Crippen molar-refractivity contribution in [3.8, 4) is 22.6 Å². The molecule has 98 valence electrons. The van der Waals surface area contributed by atoms with Crippen molar-refractivity contribution in [2.45, 2.75) is 6.92 Å². The first-order valence-electron chi connectivity index (χ1n) is 6.15. The van der Waals surface area contributed by atoms with Crippen LogP contribution in [0.5, 0.6) is 11.5 Å². The second-order valence-electron chi connectivity index (χ2n) is 4.04. The van der Waals surface area contributed by atoms with Crippen LogP contribution in [0.2, 0.25) is 0 Å². The average Bonchev–Trinajstić information content (AvgIpc) is 2.47. The van der Waals surface area contributed by atoms with Gasteiger partial charge in [-0.15, -0.1) is 0 Å². The number of rotatable bonds is 5. The molecule has 0 aromatic heterocycles. The number of ether oxygens (including phenoxy) is 2. The zero-order valence-corrected chi connectivity index (χ0v) is 11.1. The van der Waals surface area contributed by atoms with E-state index in [9.17, 15) is 4.79 Å². The fraction of sp³-hybridized carbons (Fsp3) is 0.188. The minimum atomic E-state index is 0.620. The lowest BCUT2D eigenvalue weighted by Crippen LogP contribution is -1.93. The highest BCUT2D eigenvalue weighted by Crippen LogP contribution is 2.32. The number of methoxy groups -OCH3 is 1. The molecule has 3 nitrogen and oxygen atoms in total. The van der Waals surface area contributed by atoms with Gasteiger partial charge in [-0.05, 0) is 42.8 Å². The molecule has 0 unspecified atom stereocenters. The third-order valence-corrected chi connectivity index (χ3v) is 2.82. The lowest BCUT2D eigenvalue weighted by Gasteiger charge is -2.11. The van der Waals surface area contributed by atoms with Crippen LogP contribution in [0.1, 0.15) is 17.3 Å². The average molecular weight is 256 g/mol. The molecule has 0 heterocycles. The van der Waals surface area contributed by atoms with E-state index in [0.29, 0.717) is 12.2 Å². The van der Waals surface area contributed by atoms with Crippen LogP contribution in [-0.2, 0) is 0 Å². The van der Waals surface area contributed by atoms with E-state index in [1.54, 1.807) is 19.2 Å². The van der Waals surface area contributed by atoms with Crippen LogP contribution in [0.3, 0.4) is 0 Å². The maximum absolute atomic E-state index is 10.9. The molecule has 0 spiro atoms. The highest BCUT2D eigenvalue weighted by molar-refractivity contribution is 5.81. The fourth-order valence-corrected chi connectivity index (χ4v) is 1.94. The molecule has 19 heavy (non-hydrogen) atoms. The van der Waals surface area contributed by atoms with Gasteiger partial charge in [0.25, 0.3) is 0 Å². The molecule has 0 aliphatic rings. The van der Waals surface area contributed by atoms with E-state index in [1.165, 1.54) is 0 Å². The van der Waals surface area contributed by atoms with Crippen LogP contribution < -0.4 is 9.47 Å². The molecule has 0 amide bonds. The summed E-state index contributed by atoms with van der Waals surface area (Å²) >= 11 is 0. The van der Waals surface area contributed by atoms with E-state index in [2.05, 4.69) is 0 Å². The summed E-state index contributed by atoms with van der Waals surface area (Å²) in [6.07, 6.45) is 0.829. The van der Waals surface area contributed by atoms with Gasteiger partial charge in [0.1, 0.15) is 17.8 Å². The van der Waals surface area contributed by atoms with Crippen LogP contribution in [0.15, 0.2) is 42.5 Å². The maximum atomic E-state index is 10.9.